The maximum absolute atomic E-state index is 2.35. The van der Waals surface area contributed by atoms with Crippen molar-refractivity contribution in [1.29, 1.82) is 0 Å². The Balaban J connectivity index is 2.27. The van der Waals surface area contributed by atoms with Crippen molar-refractivity contribution in [3.63, 3.8) is 0 Å². The second-order valence-electron chi connectivity index (χ2n) is 2.36. The molecule has 1 heterocycles. The molecular weight excluding hydrogens is 98.1 g/mol. The Bertz CT molecular complexity index is 96.6. The van der Waals surface area contributed by atoms with Gasteiger partial charge in [0.1, 0.15) is 0 Å². The molecule has 0 aromatic carbocycles. The van der Waals surface area contributed by atoms with Crippen LogP contribution in [0, 0.1) is 0 Å². The number of likely N-dealkylation sites (N-methyl/N-ethyl adjacent to an activating group) is 1. The molecule has 0 aromatic heterocycles. The number of likely N-dealkylation sites (tertiary alicyclic amines) is 1. The van der Waals surface area contributed by atoms with E-state index in [-0.39, 0.29) is 0 Å². The monoisotopic (exact) mass is 111 g/mol. The summed E-state index contributed by atoms with van der Waals surface area (Å²) in [5.41, 5.74) is 0. The first-order chi connectivity index (χ1) is 3.84. The van der Waals surface area contributed by atoms with Crippen LogP contribution >= 0.6 is 0 Å². The lowest BCUT2D eigenvalue weighted by molar-refractivity contribution is 0.166. The SMILES string of the molecule is CC=CC1CCN1C. The molecular formula is C7H13N. The molecule has 0 N–H and O–H groups in total. The van der Waals surface area contributed by atoms with Crippen molar-refractivity contribution in [2.24, 2.45) is 0 Å². The average molecular weight is 111 g/mol. The first kappa shape index (κ1) is 5.83. The third-order valence-corrected chi connectivity index (χ3v) is 1.76. The van der Waals surface area contributed by atoms with Gasteiger partial charge in [0.25, 0.3) is 0 Å². The van der Waals surface area contributed by atoms with Crippen LogP contribution in [0.25, 0.3) is 0 Å². The summed E-state index contributed by atoms with van der Waals surface area (Å²) in [6.07, 6.45) is 5.73. The van der Waals surface area contributed by atoms with Crippen LogP contribution in [0.2, 0.25) is 0 Å². The molecule has 1 aliphatic rings. The molecule has 8 heavy (non-hydrogen) atoms. The maximum atomic E-state index is 2.35. The fourth-order valence-electron chi connectivity index (χ4n) is 1.00. The Kier molecular flexibility index (Phi) is 1.69. The Labute approximate surface area is 51.0 Å². The molecule has 0 bridgehead atoms. The zero-order valence-corrected chi connectivity index (χ0v) is 5.59. The van der Waals surface area contributed by atoms with E-state index in [1.807, 2.05) is 0 Å². The van der Waals surface area contributed by atoms with Crippen LogP contribution in [-0.2, 0) is 0 Å². The van der Waals surface area contributed by atoms with Gasteiger partial charge in [-0.05, 0) is 20.4 Å². The predicted molar refractivity (Wildman–Crippen MR) is 35.8 cm³/mol. The maximum Gasteiger partial charge on any atom is 0.0287 e. The lowest BCUT2D eigenvalue weighted by atomic mass is 10.0. The molecule has 1 saturated heterocycles. The minimum atomic E-state index is 0.750. The number of rotatable bonds is 1. The van der Waals surface area contributed by atoms with Gasteiger partial charge in [-0.15, -0.1) is 0 Å². The number of hydrogen-bond acceptors (Lipinski definition) is 1. The van der Waals surface area contributed by atoms with Crippen LogP contribution in [0.5, 0.6) is 0 Å². The van der Waals surface area contributed by atoms with Gasteiger partial charge in [0, 0.05) is 12.6 Å². The third-order valence-electron chi connectivity index (χ3n) is 1.76. The van der Waals surface area contributed by atoms with E-state index in [1.54, 1.807) is 0 Å². The first-order valence-corrected chi connectivity index (χ1v) is 3.17. The Morgan fingerprint density at radius 1 is 1.62 bits per heavy atom. The van der Waals surface area contributed by atoms with Crippen molar-refractivity contribution >= 4 is 0 Å². The van der Waals surface area contributed by atoms with Gasteiger partial charge >= 0.3 is 0 Å². The highest BCUT2D eigenvalue weighted by atomic mass is 15.2. The largest absolute Gasteiger partial charge is 0.300 e. The number of allylic oxidation sites excluding steroid dienone is 1. The summed E-state index contributed by atoms with van der Waals surface area (Å²) in [7, 11) is 2.16. The zero-order chi connectivity index (χ0) is 5.98. The van der Waals surface area contributed by atoms with E-state index in [2.05, 4.69) is 31.0 Å². The third kappa shape index (κ3) is 0.920. The highest BCUT2D eigenvalue weighted by Crippen LogP contribution is 2.14. The second kappa shape index (κ2) is 2.31. The second-order valence-corrected chi connectivity index (χ2v) is 2.36. The van der Waals surface area contributed by atoms with E-state index in [0.717, 1.165) is 6.04 Å². The summed E-state index contributed by atoms with van der Waals surface area (Å²) in [5.74, 6) is 0. The lowest BCUT2D eigenvalue weighted by Gasteiger charge is -2.35. The van der Waals surface area contributed by atoms with E-state index in [9.17, 15) is 0 Å². The van der Waals surface area contributed by atoms with E-state index < -0.39 is 0 Å². The summed E-state index contributed by atoms with van der Waals surface area (Å²) in [5, 5.41) is 0. The van der Waals surface area contributed by atoms with Crippen molar-refractivity contribution in [2.75, 3.05) is 13.6 Å². The van der Waals surface area contributed by atoms with Gasteiger partial charge in [0.2, 0.25) is 0 Å². The molecule has 1 aliphatic heterocycles. The van der Waals surface area contributed by atoms with Crippen LogP contribution in [-0.4, -0.2) is 24.5 Å². The van der Waals surface area contributed by atoms with Crippen LogP contribution in [0.3, 0.4) is 0 Å². The number of hydrogen-bond donors (Lipinski definition) is 0. The Hall–Kier alpha value is -0.300. The minimum absolute atomic E-state index is 0.750. The Morgan fingerprint density at radius 3 is 2.50 bits per heavy atom. The van der Waals surface area contributed by atoms with Crippen LogP contribution in [0.4, 0.5) is 0 Å². The van der Waals surface area contributed by atoms with Crippen LogP contribution in [0.15, 0.2) is 12.2 Å². The predicted octanol–water partition coefficient (Wildman–Crippen LogP) is 1.27. The summed E-state index contributed by atoms with van der Waals surface area (Å²) in [4.78, 5) is 2.35. The topological polar surface area (TPSA) is 3.24 Å². The first-order valence-electron chi connectivity index (χ1n) is 3.17. The lowest BCUT2D eigenvalue weighted by Crippen LogP contribution is -2.42. The fraction of sp³-hybridized carbons (Fsp3) is 0.714. The standard InChI is InChI=1S/C7H13N/c1-3-4-7-5-6-8(7)2/h3-4,7H,5-6H2,1-2H3. The molecule has 0 spiro atoms. The van der Waals surface area contributed by atoms with Crippen molar-refractivity contribution in [2.45, 2.75) is 19.4 Å². The number of nitrogens with zero attached hydrogens (tertiary/aromatic N) is 1. The Morgan fingerprint density at radius 2 is 2.38 bits per heavy atom. The molecule has 0 amide bonds. The van der Waals surface area contributed by atoms with Gasteiger partial charge in [0.15, 0.2) is 0 Å². The molecule has 1 atom stereocenters. The summed E-state index contributed by atoms with van der Waals surface area (Å²) < 4.78 is 0. The van der Waals surface area contributed by atoms with Crippen LogP contribution < -0.4 is 0 Å². The smallest absolute Gasteiger partial charge is 0.0287 e. The van der Waals surface area contributed by atoms with Crippen LogP contribution in [0.1, 0.15) is 13.3 Å². The molecule has 0 aliphatic carbocycles. The molecule has 0 saturated carbocycles. The van der Waals surface area contributed by atoms with Gasteiger partial charge in [-0.3, -0.25) is 4.90 Å². The molecule has 46 valence electrons. The van der Waals surface area contributed by atoms with Gasteiger partial charge in [0.05, 0.1) is 0 Å². The average Bonchev–Trinajstić information content (AvgIpc) is 1.79. The summed E-state index contributed by atoms with van der Waals surface area (Å²) >= 11 is 0. The molecule has 1 nitrogen and oxygen atoms in total. The van der Waals surface area contributed by atoms with Crippen molar-refractivity contribution < 1.29 is 0 Å². The fourth-order valence-corrected chi connectivity index (χ4v) is 1.00. The van der Waals surface area contributed by atoms with Gasteiger partial charge in [-0.25, -0.2) is 0 Å². The van der Waals surface area contributed by atoms with E-state index in [0.29, 0.717) is 0 Å². The minimum Gasteiger partial charge on any atom is -0.300 e. The highest BCUT2D eigenvalue weighted by molar-refractivity contribution is 4.97. The molecule has 1 heteroatoms. The van der Waals surface area contributed by atoms with Gasteiger partial charge < -0.3 is 0 Å². The van der Waals surface area contributed by atoms with E-state index in [1.165, 1.54) is 13.0 Å². The van der Waals surface area contributed by atoms with Crippen molar-refractivity contribution in [3.05, 3.63) is 12.2 Å². The molecule has 1 rings (SSSR count). The molecule has 0 aromatic rings. The highest BCUT2D eigenvalue weighted by Gasteiger charge is 2.19. The molecule has 1 unspecified atom stereocenters. The normalized spacial score (nSPS) is 31.0. The molecule has 0 radical (unpaired) electrons. The van der Waals surface area contributed by atoms with Crippen molar-refractivity contribution in [1.82, 2.24) is 4.90 Å². The van der Waals surface area contributed by atoms with Gasteiger partial charge in [-0.1, -0.05) is 12.2 Å². The summed E-state index contributed by atoms with van der Waals surface area (Å²) in [6.45, 7) is 3.35. The van der Waals surface area contributed by atoms with Crippen molar-refractivity contribution in [3.8, 4) is 0 Å². The van der Waals surface area contributed by atoms with E-state index in [4.69, 9.17) is 0 Å². The summed E-state index contributed by atoms with van der Waals surface area (Å²) in [6, 6.07) is 0.750. The molecule has 1 fully saturated rings. The zero-order valence-electron chi connectivity index (χ0n) is 5.59. The quantitative estimate of drug-likeness (QED) is 0.460. The van der Waals surface area contributed by atoms with E-state index >= 15 is 0 Å². The van der Waals surface area contributed by atoms with Gasteiger partial charge in [-0.2, -0.15) is 0 Å².